The van der Waals surface area contributed by atoms with Gasteiger partial charge in [0.25, 0.3) is 11.7 Å². The van der Waals surface area contributed by atoms with E-state index in [0.29, 0.717) is 18.2 Å². The Hall–Kier alpha value is -3.69. The predicted molar refractivity (Wildman–Crippen MR) is 162 cm³/mol. The number of piperidine rings is 1. The van der Waals surface area contributed by atoms with Crippen LogP contribution in [-0.4, -0.2) is 56.1 Å². The molecular formula is C33H39N3O5S. The van der Waals surface area contributed by atoms with E-state index in [1.54, 1.807) is 30.9 Å². The van der Waals surface area contributed by atoms with Crippen LogP contribution in [0.3, 0.4) is 0 Å². The maximum atomic E-state index is 12.8. The Morgan fingerprint density at radius 1 is 1.05 bits per heavy atom. The van der Waals surface area contributed by atoms with Crippen LogP contribution in [0.25, 0.3) is 11.1 Å². The molecule has 1 saturated heterocycles. The standard InChI is InChI=1S/C33H39N3O5S/c1-23-13-17-34-25(3)31(23)32(37)35-18-14-24(2)36-19-15-27(16-20-36)33(40-21-22-41-33)30-8-6-5-7-29(30)26-9-11-28(12-10-26)42(4,38)39/h5-13,17,21-22,24,27H,14-16,18-20H2,1-4H3,(H,35,37). The van der Waals surface area contributed by atoms with E-state index >= 15 is 0 Å². The van der Waals surface area contributed by atoms with Gasteiger partial charge in [0.2, 0.25) is 0 Å². The molecule has 3 aromatic rings. The van der Waals surface area contributed by atoms with Crippen LogP contribution in [0.2, 0.25) is 0 Å². The summed E-state index contributed by atoms with van der Waals surface area (Å²) in [6.07, 6.45) is 8.79. The van der Waals surface area contributed by atoms with Crippen molar-refractivity contribution in [3.63, 3.8) is 0 Å². The number of amides is 1. The van der Waals surface area contributed by atoms with Crippen molar-refractivity contribution in [2.24, 2.45) is 5.92 Å². The number of nitrogens with one attached hydrogen (secondary N) is 1. The van der Waals surface area contributed by atoms with E-state index in [9.17, 15) is 13.2 Å². The first-order chi connectivity index (χ1) is 20.1. The van der Waals surface area contributed by atoms with Crippen LogP contribution in [0.1, 0.15) is 53.4 Å². The van der Waals surface area contributed by atoms with Crippen LogP contribution in [0, 0.1) is 19.8 Å². The van der Waals surface area contributed by atoms with E-state index in [4.69, 9.17) is 9.47 Å². The first-order valence-electron chi connectivity index (χ1n) is 14.5. The Morgan fingerprint density at radius 3 is 2.36 bits per heavy atom. The van der Waals surface area contributed by atoms with Crippen molar-refractivity contribution in [2.75, 3.05) is 25.9 Å². The number of hydrogen-bond acceptors (Lipinski definition) is 7. The molecule has 5 rings (SSSR count). The summed E-state index contributed by atoms with van der Waals surface area (Å²) in [5.41, 5.74) is 5.12. The topological polar surface area (TPSA) is 97.8 Å². The van der Waals surface area contributed by atoms with Crippen LogP contribution >= 0.6 is 0 Å². The van der Waals surface area contributed by atoms with Crippen LogP contribution in [0.5, 0.6) is 0 Å². The quantitative estimate of drug-likeness (QED) is 0.359. The fourth-order valence-corrected chi connectivity index (χ4v) is 6.80. The van der Waals surface area contributed by atoms with Crippen LogP contribution in [0.15, 0.2) is 78.2 Å². The molecule has 0 spiro atoms. The minimum absolute atomic E-state index is 0.0707. The zero-order valence-corrected chi connectivity index (χ0v) is 25.5. The van der Waals surface area contributed by atoms with Crippen molar-refractivity contribution in [2.45, 2.75) is 56.8 Å². The lowest BCUT2D eigenvalue weighted by Crippen LogP contribution is -2.47. The van der Waals surface area contributed by atoms with Gasteiger partial charge < -0.3 is 19.7 Å². The molecule has 2 aliphatic heterocycles. The van der Waals surface area contributed by atoms with Crippen molar-refractivity contribution in [3.05, 3.63) is 95.7 Å². The summed E-state index contributed by atoms with van der Waals surface area (Å²) >= 11 is 0. The van der Waals surface area contributed by atoms with Crippen molar-refractivity contribution < 1.29 is 22.7 Å². The number of benzene rings is 2. The number of nitrogens with zero attached hydrogens (tertiary/aromatic N) is 2. The minimum Gasteiger partial charge on any atom is -0.452 e. The highest BCUT2D eigenvalue weighted by molar-refractivity contribution is 7.90. The normalized spacial score (nSPS) is 17.8. The summed E-state index contributed by atoms with van der Waals surface area (Å²) in [6, 6.07) is 17.2. The molecule has 0 aliphatic carbocycles. The van der Waals surface area contributed by atoms with Gasteiger partial charge in [0.05, 0.1) is 16.2 Å². The number of ether oxygens (including phenoxy) is 2. The molecule has 1 atom stereocenters. The second-order valence-corrected chi connectivity index (χ2v) is 13.3. The summed E-state index contributed by atoms with van der Waals surface area (Å²) in [5.74, 6) is -0.906. The zero-order valence-electron chi connectivity index (χ0n) is 24.7. The van der Waals surface area contributed by atoms with Crippen molar-refractivity contribution in [3.8, 4) is 11.1 Å². The van der Waals surface area contributed by atoms with E-state index in [0.717, 1.165) is 60.3 Å². The minimum atomic E-state index is -3.28. The van der Waals surface area contributed by atoms with Gasteiger partial charge in [-0.25, -0.2) is 8.42 Å². The van der Waals surface area contributed by atoms with Gasteiger partial charge in [0, 0.05) is 36.5 Å². The highest BCUT2D eigenvalue weighted by Gasteiger charge is 2.48. The number of rotatable bonds is 9. The fourth-order valence-electron chi connectivity index (χ4n) is 6.17. The lowest BCUT2D eigenvalue weighted by atomic mass is 9.81. The van der Waals surface area contributed by atoms with Gasteiger partial charge in [0.15, 0.2) is 9.84 Å². The number of carbonyl (C=O) groups is 1. The Morgan fingerprint density at radius 2 is 1.71 bits per heavy atom. The molecule has 0 radical (unpaired) electrons. The van der Waals surface area contributed by atoms with Crippen LogP contribution < -0.4 is 5.32 Å². The summed E-state index contributed by atoms with van der Waals surface area (Å²) in [6.45, 7) is 8.38. The van der Waals surface area contributed by atoms with Gasteiger partial charge in [-0.3, -0.25) is 9.78 Å². The second kappa shape index (κ2) is 12.3. The third-order valence-electron chi connectivity index (χ3n) is 8.55. The van der Waals surface area contributed by atoms with Crippen LogP contribution in [-0.2, 0) is 25.1 Å². The molecule has 9 heteroatoms. The van der Waals surface area contributed by atoms with Gasteiger partial charge in [0.1, 0.15) is 12.5 Å². The Labute approximate surface area is 248 Å². The van der Waals surface area contributed by atoms with Gasteiger partial charge >= 0.3 is 0 Å². The molecule has 222 valence electrons. The highest BCUT2D eigenvalue weighted by Crippen LogP contribution is 2.47. The molecule has 1 amide bonds. The molecule has 2 aromatic carbocycles. The molecule has 2 aliphatic rings. The largest absolute Gasteiger partial charge is 0.452 e. The van der Waals surface area contributed by atoms with Crippen molar-refractivity contribution >= 4 is 15.7 Å². The average Bonchev–Trinajstić information content (AvgIpc) is 3.48. The summed E-state index contributed by atoms with van der Waals surface area (Å²) in [5, 5.41) is 3.08. The monoisotopic (exact) mass is 589 g/mol. The number of pyridine rings is 1. The SMILES string of the molecule is Cc1ccnc(C)c1C(=O)NCCC(C)N1CCC(C2(c3ccccc3-c3ccc(S(C)(=O)=O)cc3)OC=CO2)CC1. The van der Waals surface area contributed by atoms with Crippen LogP contribution in [0.4, 0.5) is 0 Å². The van der Waals surface area contributed by atoms with E-state index in [2.05, 4.69) is 22.1 Å². The first-order valence-corrected chi connectivity index (χ1v) is 16.3. The number of aromatic nitrogens is 1. The van der Waals surface area contributed by atoms with Gasteiger partial charge in [-0.2, -0.15) is 0 Å². The molecule has 0 bridgehead atoms. The number of sulfone groups is 1. The lowest BCUT2D eigenvalue weighted by molar-refractivity contribution is -0.201. The maximum Gasteiger partial charge on any atom is 0.280 e. The van der Waals surface area contributed by atoms with Gasteiger partial charge in [-0.15, -0.1) is 0 Å². The summed E-state index contributed by atoms with van der Waals surface area (Å²) in [7, 11) is -3.28. The van der Waals surface area contributed by atoms with E-state index in [1.165, 1.54) is 6.26 Å². The van der Waals surface area contributed by atoms with Crippen molar-refractivity contribution in [1.29, 1.82) is 0 Å². The van der Waals surface area contributed by atoms with Crippen molar-refractivity contribution in [1.82, 2.24) is 15.2 Å². The molecular weight excluding hydrogens is 550 g/mol. The molecule has 1 N–H and O–H groups in total. The zero-order chi connectivity index (χ0) is 29.9. The van der Waals surface area contributed by atoms with E-state index in [1.807, 2.05) is 56.3 Å². The first kappa shape index (κ1) is 29.8. The molecule has 0 saturated carbocycles. The van der Waals surface area contributed by atoms with Gasteiger partial charge in [-0.05, 0) is 88.0 Å². The Bertz CT molecular complexity index is 1530. The maximum absolute atomic E-state index is 12.8. The molecule has 1 aromatic heterocycles. The average molecular weight is 590 g/mol. The smallest absolute Gasteiger partial charge is 0.280 e. The third kappa shape index (κ3) is 6.08. The second-order valence-electron chi connectivity index (χ2n) is 11.3. The molecule has 42 heavy (non-hydrogen) atoms. The Balaban J connectivity index is 1.24. The number of carbonyl (C=O) groups excluding carboxylic acids is 1. The summed E-state index contributed by atoms with van der Waals surface area (Å²) in [4.78, 5) is 19.8. The molecule has 1 fully saturated rings. The lowest BCUT2D eigenvalue weighted by Gasteiger charge is -2.43. The predicted octanol–water partition coefficient (Wildman–Crippen LogP) is 5.36. The number of aryl methyl sites for hydroxylation is 2. The Kier molecular flexibility index (Phi) is 8.70. The number of likely N-dealkylation sites (tertiary alicyclic amines) is 1. The highest BCUT2D eigenvalue weighted by atomic mass is 32.2. The van der Waals surface area contributed by atoms with E-state index in [-0.39, 0.29) is 16.7 Å². The van der Waals surface area contributed by atoms with Gasteiger partial charge in [-0.1, -0.05) is 36.4 Å². The third-order valence-corrected chi connectivity index (χ3v) is 9.68. The molecule has 3 heterocycles. The van der Waals surface area contributed by atoms with E-state index < -0.39 is 15.6 Å². The number of hydrogen-bond donors (Lipinski definition) is 1. The fraction of sp³-hybridized carbons (Fsp3) is 0.394. The molecule has 8 nitrogen and oxygen atoms in total. The molecule has 1 unspecified atom stereocenters. The summed E-state index contributed by atoms with van der Waals surface area (Å²) < 4.78 is 36.5.